The number of Topliss-reactive ketones (excluding diaryl/α,β-unsaturated/α-hetero) is 1. The lowest BCUT2D eigenvalue weighted by molar-refractivity contribution is -0.138. The molecule has 0 aliphatic heterocycles. The smallest absolute Gasteiger partial charge is 0.307 e. The van der Waals surface area contributed by atoms with Crippen LogP contribution in [0.2, 0.25) is 0 Å². The van der Waals surface area contributed by atoms with Gasteiger partial charge in [0.1, 0.15) is 0 Å². The largest absolute Gasteiger partial charge is 0.417 e. The molecule has 3 rings (SSSR count). The summed E-state index contributed by atoms with van der Waals surface area (Å²) in [6, 6.07) is 17.8. The summed E-state index contributed by atoms with van der Waals surface area (Å²) in [5, 5.41) is 0. The van der Waals surface area contributed by atoms with Gasteiger partial charge in [0, 0.05) is 17.8 Å². The molecule has 3 nitrogen and oxygen atoms in total. The minimum Gasteiger partial charge on any atom is -0.307 e. The Morgan fingerprint density at radius 1 is 0.846 bits per heavy atom. The first-order chi connectivity index (χ1) is 12.3. The third-order valence-corrected chi connectivity index (χ3v) is 3.94. The molecule has 132 valence electrons. The number of aromatic nitrogens is 1. The summed E-state index contributed by atoms with van der Waals surface area (Å²) in [6.45, 7) is -0.451. The lowest BCUT2D eigenvalue weighted by Crippen LogP contribution is -2.25. The van der Waals surface area contributed by atoms with Gasteiger partial charge in [-0.15, -0.1) is 0 Å². The average molecular weight is 357 g/mol. The van der Waals surface area contributed by atoms with Gasteiger partial charge in [-0.25, -0.2) is 0 Å². The number of hydrogen-bond acceptors (Lipinski definition) is 2. The molecule has 2 aromatic carbocycles. The Kier molecular flexibility index (Phi) is 4.75. The van der Waals surface area contributed by atoms with Crippen LogP contribution in [0.3, 0.4) is 0 Å². The molecule has 0 atom stereocenters. The van der Waals surface area contributed by atoms with Crippen molar-refractivity contribution in [3.05, 3.63) is 94.4 Å². The summed E-state index contributed by atoms with van der Waals surface area (Å²) < 4.78 is 39.1. The molecule has 0 radical (unpaired) electrons. The maximum Gasteiger partial charge on any atom is 0.417 e. The Bertz CT molecular complexity index is 974. The number of pyridine rings is 1. The number of carbonyl (C=O) groups is 1. The number of carbonyl (C=O) groups excluding carboxylic acids is 1. The van der Waals surface area contributed by atoms with Crippen LogP contribution in [0, 0.1) is 0 Å². The molecular formula is C20H14F3NO2. The second-order valence-corrected chi connectivity index (χ2v) is 5.75. The zero-order valence-corrected chi connectivity index (χ0v) is 13.5. The molecule has 6 heteroatoms. The summed E-state index contributed by atoms with van der Waals surface area (Å²) in [4.78, 5) is 24.1. The Balaban J connectivity index is 1.82. The third kappa shape index (κ3) is 3.91. The predicted molar refractivity (Wildman–Crippen MR) is 91.9 cm³/mol. The van der Waals surface area contributed by atoms with E-state index in [1.54, 1.807) is 24.3 Å². The summed E-state index contributed by atoms with van der Waals surface area (Å²) in [5.74, 6) is -0.439. The lowest BCUT2D eigenvalue weighted by atomic mass is 10.0. The first kappa shape index (κ1) is 17.7. The van der Waals surface area contributed by atoms with Gasteiger partial charge in [-0.3, -0.25) is 9.59 Å². The fourth-order valence-corrected chi connectivity index (χ4v) is 2.55. The zero-order chi connectivity index (χ0) is 18.7. The van der Waals surface area contributed by atoms with E-state index >= 15 is 0 Å². The molecule has 0 saturated heterocycles. The van der Waals surface area contributed by atoms with E-state index in [2.05, 4.69) is 0 Å². The van der Waals surface area contributed by atoms with Crippen LogP contribution in [0.1, 0.15) is 15.9 Å². The first-order valence-electron chi connectivity index (χ1n) is 7.81. The van der Waals surface area contributed by atoms with E-state index in [0.717, 1.165) is 21.8 Å². The van der Waals surface area contributed by atoms with Crippen molar-refractivity contribution in [3.8, 4) is 11.1 Å². The van der Waals surface area contributed by atoms with Crippen LogP contribution >= 0.6 is 0 Å². The highest BCUT2D eigenvalue weighted by atomic mass is 19.4. The molecule has 0 aliphatic carbocycles. The summed E-state index contributed by atoms with van der Waals surface area (Å²) in [7, 11) is 0. The summed E-state index contributed by atoms with van der Waals surface area (Å²) in [5.41, 5.74) is 0.601. The van der Waals surface area contributed by atoms with Gasteiger partial charge in [-0.1, -0.05) is 54.6 Å². The maximum atomic E-state index is 12.8. The van der Waals surface area contributed by atoms with Crippen molar-refractivity contribution in [2.75, 3.05) is 0 Å². The maximum absolute atomic E-state index is 12.8. The molecule has 0 N–H and O–H groups in total. The van der Waals surface area contributed by atoms with Gasteiger partial charge in [-0.2, -0.15) is 13.2 Å². The molecule has 0 spiro atoms. The number of benzene rings is 2. The van der Waals surface area contributed by atoms with Crippen molar-refractivity contribution in [2.24, 2.45) is 0 Å². The van der Waals surface area contributed by atoms with E-state index in [4.69, 9.17) is 0 Å². The minimum atomic E-state index is -4.57. The van der Waals surface area contributed by atoms with Crippen LogP contribution < -0.4 is 5.56 Å². The fourth-order valence-electron chi connectivity index (χ4n) is 2.55. The number of hydrogen-bond donors (Lipinski definition) is 0. The molecule has 0 amide bonds. The van der Waals surface area contributed by atoms with Gasteiger partial charge < -0.3 is 4.57 Å². The molecule has 0 aliphatic rings. The molecule has 1 heterocycles. The van der Waals surface area contributed by atoms with Gasteiger partial charge in [0.2, 0.25) is 0 Å². The molecule has 1 aromatic heterocycles. The summed E-state index contributed by atoms with van der Waals surface area (Å²) in [6.07, 6.45) is -3.91. The molecule has 0 unspecified atom stereocenters. The van der Waals surface area contributed by atoms with Crippen molar-refractivity contribution in [3.63, 3.8) is 0 Å². The molecular weight excluding hydrogens is 343 g/mol. The van der Waals surface area contributed by atoms with Crippen molar-refractivity contribution in [1.29, 1.82) is 0 Å². The van der Waals surface area contributed by atoms with Crippen molar-refractivity contribution < 1.29 is 18.0 Å². The van der Waals surface area contributed by atoms with E-state index in [0.29, 0.717) is 17.8 Å². The fraction of sp³-hybridized carbons (Fsp3) is 0.100. The highest BCUT2D eigenvalue weighted by Gasteiger charge is 2.31. The van der Waals surface area contributed by atoms with E-state index in [9.17, 15) is 22.8 Å². The lowest BCUT2D eigenvalue weighted by Gasteiger charge is -2.10. The van der Waals surface area contributed by atoms with Crippen LogP contribution in [-0.2, 0) is 12.7 Å². The Morgan fingerprint density at radius 3 is 2.08 bits per heavy atom. The van der Waals surface area contributed by atoms with Crippen LogP contribution in [0.5, 0.6) is 0 Å². The normalized spacial score (nSPS) is 11.3. The number of halogens is 3. The molecule has 3 aromatic rings. The zero-order valence-electron chi connectivity index (χ0n) is 13.5. The van der Waals surface area contributed by atoms with E-state index in [1.165, 1.54) is 0 Å². The number of ketones is 1. The predicted octanol–water partition coefficient (Wildman–Crippen LogP) is 4.42. The van der Waals surface area contributed by atoms with Gasteiger partial charge in [-0.05, 0) is 17.2 Å². The van der Waals surface area contributed by atoms with Crippen molar-refractivity contribution in [2.45, 2.75) is 12.7 Å². The number of nitrogens with zero attached hydrogens (tertiary/aromatic N) is 1. The monoisotopic (exact) mass is 357 g/mol. The topological polar surface area (TPSA) is 39.1 Å². The standard InChI is InChI=1S/C20H14F3NO2/c21-20(22,23)17-10-11-19(26)24(12-17)13-18(25)16-8-6-15(7-9-16)14-4-2-1-3-5-14/h1-12H,13H2. The van der Waals surface area contributed by atoms with E-state index in [-0.39, 0.29) is 0 Å². The summed E-state index contributed by atoms with van der Waals surface area (Å²) >= 11 is 0. The Labute approximate surface area is 147 Å². The average Bonchev–Trinajstić information content (AvgIpc) is 2.63. The van der Waals surface area contributed by atoms with Crippen LogP contribution in [-0.4, -0.2) is 10.4 Å². The molecule has 0 fully saturated rings. The van der Waals surface area contributed by atoms with Gasteiger partial charge in [0.05, 0.1) is 12.1 Å². The Morgan fingerprint density at radius 2 is 1.46 bits per heavy atom. The Hall–Kier alpha value is -3.15. The van der Waals surface area contributed by atoms with Crippen molar-refractivity contribution in [1.82, 2.24) is 4.57 Å². The van der Waals surface area contributed by atoms with E-state index < -0.39 is 29.6 Å². The second kappa shape index (κ2) is 7.00. The van der Waals surface area contributed by atoms with Gasteiger partial charge in [0.25, 0.3) is 5.56 Å². The number of rotatable bonds is 4. The third-order valence-electron chi connectivity index (χ3n) is 3.94. The van der Waals surface area contributed by atoms with E-state index in [1.807, 2.05) is 30.3 Å². The highest BCUT2D eigenvalue weighted by molar-refractivity contribution is 5.96. The minimum absolute atomic E-state index is 0.328. The molecule has 0 bridgehead atoms. The quantitative estimate of drug-likeness (QED) is 0.649. The number of alkyl halides is 3. The van der Waals surface area contributed by atoms with Gasteiger partial charge >= 0.3 is 6.18 Å². The van der Waals surface area contributed by atoms with Crippen molar-refractivity contribution >= 4 is 5.78 Å². The molecule has 0 saturated carbocycles. The second-order valence-electron chi connectivity index (χ2n) is 5.75. The SMILES string of the molecule is O=C(Cn1cc(C(F)(F)F)ccc1=O)c1ccc(-c2ccccc2)cc1. The van der Waals surface area contributed by atoms with Crippen LogP contribution in [0.15, 0.2) is 77.7 Å². The van der Waals surface area contributed by atoms with Crippen LogP contribution in [0.25, 0.3) is 11.1 Å². The highest BCUT2D eigenvalue weighted by Crippen LogP contribution is 2.28. The van der Waals surface area contributed by atoms with Crippen LogP contribution in [0.4, 0.5) is 13.2 Å². The first-order valence-corrected chi connectivity index (χ1v) is 7.81. The van der Waals surface area contributed by atoms with Gasteiger partial charge in [0.15, 0.2) is 5.78 Å². The molecule has 26 heavy (non-hydrogen) atoms.